The summed E-state index contributed by atoms with van der Waals surface area (Å²) in [5, 5.41) is 21.3. The molecule has 0 saturated carbocycles. The number of nitrogens with zero attached hydrogens (tertiary/aromatic N) is 2. The second-order valence-electron chi connectivity index (χ2n) is 9.71. The van der Waals surface area contributed by atoms with Crippen LogP contribution >= 0.6 is 34.4 Å². The number of para-hydroxylation sites is 1. The third kappa shape index (κ3) is 6.40. The van der Waals surface area contributed by atoms with Crippen LogP contribution in [0.1, 0.15) is 26.9 Å². The third-order valence-corrected chi connectivity index (χ3v) is 10.2. The van der Waals surface area contributed by atoms with E-state index in [9.17, 15) is 9.90 Å². The van der Waals surface area contributed by atoms with Crippen LogP contribution in [0.2, 0.25) is 0 Å². The average Bonchev–Trinajstić information content (AvgIpc) is 3.60. The van der Waals surface area contributed by atoms with E-state index in [2.05, 4.69) is 45.7 Å². The van der Waals surface area contributed by atoms with Gasteiger partial charge in [0.2, 0.25) is 0 Å². The summed E-state index contributed by atoms with van der Waals surface area (Å²) in [6.45, 7) is 2.43. The van der Waals surface area contributed by atoms with E-state index in [4.69, 9.17) is 14.7 Å². The third-order valence-electron chi connectivity index (χ3n) is 6.79. The number of anilines is 3. The van der Waals surface area contributed by atoms with Crippen molar-refractivity contribution in [3.63, 3.8) is 0 Å². The number of carboxylic acid groups (broad SMARTS) is 1. The van der Waals surface area contributed by atoms with Gasteiger partial charge in [-0.1, -0.05) is 48.5 Å². The van der Waals surface area contributed by atoms with Gasteiger partial charge < -0.3 is 20.5 Å². The van der Waals surface area contributed by atoms with Gasteiger partial charge in [-0.25, -0.2) is 9.97 Å². The Morgan fingerprint density at radius 2 is 1.88 bits per heavy atom. The first kappa shape index (κ1) is 27.3. The predicted octanol–water partition coefficient (Wildman–Crippen LogP) is 8.19. The zero-order chi connectivity index (χ0) is 28.2. The van der Waals surface area contributed by atoms with Crippen LogP contribution in [0, 0.1) is 12.8 Å². The monoisotopic (exact) mass is 600 g/mol. The summed E-state index contributed by atoms with van der Waals surface area (Å²) in [7, 11) is 0. The number of ether oxygens (including phenoxy) is 1. The zero-order valence-electron chi connectivity index (χ0n) is 22.2. The molecule has 0 spiro atoms. The molecule has 2 unspecified atom stereocenters. The summed E-state index contributed by atoms with van der Waals surface area (Å²) in [4.78, 5) is 23.5. The lowest BCUT2D eigenvalue weighted by atomic mass is 9.98. The first-order valence-electron chi connectivity index (χ1n) is 13.2. The first-order valence-corrected chi connectivity index (χ1v) is 15.9. The highest BCUT2D eigenvalue weighted by atomic mass is 32.2. The number of hydrogen-bond acceptors (Lipinski definition) is 9. The van der Waals surface area contributed by atoms with Crippen LogP contribution in [0.4, 0.5) is 16.6 Å². The van der Waals surface area contributed by atoms with Crippen LogP contribution in [0.5, 0.6) is 11.5 Å². The van der Waals surface area contributed by atoms with Gasteiger partial charge in [0, 0.05) is 27.9 Å². The molecule has 0 fully saturated rings. The molecule has 1 aliphatic rings. The Labute approximate surface area is 250 Å². The number of fused-ring (bicyclic) bond motifs is 1. The van der Waals surface area contributed by atoms with Crippen LogP contribution < -0.4 is 15.4 Å². The molecule has 1 aliphatic heterocycles. The summed E-state index contributed by atoms with van der Waals surface area (Å²) in [5.41, 5.74) is 4.49. The molecule has 0 saturated heterocycles. The lowest BCUT2D eigenvalue weighted by molar-refractivity contribution is -0.141. The SMILES string of the molecule is Cc1csc2c1NCC(C(=O)O)C2Sc1cnc(Nc2nc(CCc3ccccc3)cs2)c(Oc2ccccc2)c1. The number of benzene rings is 2. The number of aryl methyl sites for hydroxylation is 3. The number of hydrogen-bond donors (Lipinski definition) is 3. The van der Waals surface area contributed by atoms with E-state index in [1.54, 1.807) is 17.5 Å². The number of rotatable bonds is 10. The second-order valence-corrected chi connectivity index (χ2v) is 12.7. The molecule has 5 aromatic rings. The van der Waals surface area contributed by atoms with Crippen molar-refractivity contribution < 1.29 is 14.6 Å². The number of thioether (sulfide) groups is 1. The van der Waals surface area contributed by atoms with Crippen molar-refractivity contribution in [2.24, 2.45) is 5.92 Å². The minimum atomic E-state index is -0.814. The fourth-order valence-corrected chi connectivity index (χ4v) is 7.99. The number of aliphatic carboxylic acids is 1. The Morgan fingerprint density at radius 3 is 2.66 bits per heavy atom. The van der Waals surface area contributed by atoms with Crippen LogP contribution in [-0.2, 0) is 17.6 Å². The van der Waals surface area contributed by atoms with Crippen LogP contribution in [-0.4, -0.2) is 27.6 Å². The van der Waals surface area contributed by atoms with Gasteiger partial charge in [-0.3, -0.25) is 4.79 Å². The van der Waals surface area contributed by atoms with Crippen molar-refractivity contribution in [1.82, 2.24) is 9.97 Å². The van der Waals surface area contributed by atoms with Gasteiger partial charge in [0.1, 0.15) is 5.75 Å². The maximum absolute atomic E-state index is 12.2. The molecule has 0 bridgehead atoms. The summed E-state index contributed by atoms with van der Waals surface area (Å²) < 4.78 is 6.28. The van der Waals surface area contributed by atoms with Gasteiger partial charge in [0.25, 0.3) is 0 Å². The molecular formula is C31H28N4O3S3. The topological polar surface area (TPSA) is 96.4 Å². The fourth-order valence-electron chi connectivity index (χ4n) is 4.68. The lowest BCUT2D eigenvalue weighted by Crippen LogP contribution is -2.31. The minimum Gasteiger partial charge on any atom is -0.481 e. The van der Waals surface area contributed by atoms with Gasteiger partial charge >= 0.3 is 5.97 Å². The van der Waals surface area contributed by atoms with E-state index in [-0.39, 0.29) is 5.25 Å². The Kier molecular flexibility index (Phi) is 8.22. The highest BCUT2D eigenvalue weighted by Gasteiger charge is 2.37. The molecule has 2 aromatic carbocycles. The molecular weight excluding hydrogens is 573 g/mol. The molecule has 0 radical (unpaired) electrons. The zero-order valence-corrected chi connectivity index (χ0v) is 24.7. The molecule has 0 amide bonds. The Hall–Kier alpha value is -3.86. The normalized spacial score (nSPS) is 16.0. The molecule has 4 heterocycles. The number of aromatic nitrogens is 2. The smallest absolute Gasteiger partial charge is 0.309 e. The van der Waals surface area contributed by atoms with E-state index in [0.29, 0.717) is 23.9 Å². The average molecular weight is 601 g/mol. The number of carboxylic acids is 1. The van der Waals surface area contributed by atoms with E-state index in [1.165, 1.54) is 28.7 Å². The van der Waals surface area contributed by atoms with Gasteiger partial charge in [-0.15, -0.1) is 34.4 Å². The number of thiophene rings is 1. The maximum Gasteiger partial charge on any atom is 0.309 e. The lowest BCUT2D eigenvalue weighted by Gasteiger charge is -2.29. The largest absolute Gasteiger partial charge is 0.481 e. The number of nitrogens with one attached hydrogen (secondary N) is 2. The van der Waals surface area contributed by atoms with Crippen LogP contribution in [0.15, 0.2) is 88.6 Å². The highest BCUT2D eigenvalue weighted by Crippen LogP contribution is 2.50. The van der Waals surface area contributed by atoms with Crippen molar-refractivity contribution in [3.8, 4) is 11.5 Å². The second kappa shape index (κ2) is 12.3. The molecule has 2 atom stereocenters. The molecule has 10 heteroatoms. The van der Waals surface area contributed by atoms with Gasteiger partial charge in [0.05, 0.1) is 22.5 Å². The van der Waals surface area contributed by atoms with Crippen molar-refractivity contribution >= 4 is 57.0 Å². The molecule has 0 aliphatic carbocycles. The molecule has 3 aromatic heterocycles. The summed E-state index contributed by atoms with van der Waals surface area (Å²) in [5.74, 6) is 0.404. The van der Waals surface area contributed by atoms with Crippen LogP contribution in [0.3, 0.4) is 0 Å². The summed E-state index contributed by atoms with van der Waals surface area (Å²) in [6, 6.07) is 21.9. The quantitative estimate of drug-likeness (QED) is 0.148. The van der Waals surface area contributed by atoms with E-state index >= 15 is 0 Å². The Bertz CT molecular complexity index is 1640. The molecule has 41 heavy (non-hydrogen) atoms. The standard InChI is InChI=1S/C31H28N4O3S3/c1-19-17-39-28-26(19)32-16-24(30(36)37)27(28)41-23-14-25(38-22-10-6-3-7-11-22)29(33-15-23)35-31-34-21(18-40-31)13-12-20-8-4-2-5-9-20/h2-11,14-15,17-18,24,27,32H,12-13,16H2,1H3,(H,36,37)(H,33,34,35). The van der Waals surface area contributed by atoms with Crippen molar-refractivity contribution in [2.45, 2.75) is 29.9 Å². The molecule has 208 valence electrons. The van der Waals surface area contributed by atoms with E-state index in [1.807, 2.05) is 49.4 Å². The number of pyridine rings is 1. The van der Waals surface area contributed by atoms with Crippen molar-refractivity contribution in [3.05, 3.63) is 105 Å². The van der Waals surface area contributed by atoms with Gasteiger partial charge in [-0.05, 0) is 54.5 Å². The van der Waals surface area contributed by atoms with Gasteiger partial charge in [0.15, 0.2) is 16.7 Å². The molecule has 7 nitrogen and oxygen atoms in total. The fraction of sp³-hybridized carbons (Fsp3) is 0.194. The van der Waals surface area contributed by atoms with E-state index in [0.717, 1.165) is 44.7 Å². The predicted molar refractivity (Wildman–Crippen MR) is 167 cm³/mol. The Balaban J connectivity index is 1.25. The highest BCUT2D eigenvalue weighted by molar-refractivity contribution is 7.99. The summed E-state index contributed by atoms with van der Waals surface area (Å²) in [6.07, 6.45) is 3.55. The molecule has 6 rings (SSSR count). The number of thiazole rings is 1. The Morgan fingerprint density at radius 1 is 1.10 bits per heavy atom. The van der Waals surface area contributed by atoms with Crippen molar-refractivity contribution in [2.75, 3.05) is 17.2 Å². The number of carbonyl (C=O) groups is 1. The summed E-state index contributed by atoms with van der Waals surface area (Å²) >= 11 is 4.64. The molecule has 3 N–H and O–H groups in total. The first-order chi connectivity index (χ1) is 20.0. The van der Waals surface area contributed by atoms with Crippen LogP contribution in [0.25, 0.3) is 0 Å². The van der Waals surface area contributed by atoms with Crippen molar-refractivity contribution in [1.29, 1.82) is 0 Å². The van der Waals surface area contributed by atoms with E-state index < -0.39 is 11.9 Å². The minimum absolute atomic E-state index is 0.237. The maximum atomic E-state index is 12.2. The van der Waals surface area contributed by atoms with Gasteiger partial charge in [-0.2, -0.15) is 0 Å².